The molecule has 0 aromatic heterocycles. The number of amides is 1. The first-order valence-corrected chi connectivity index (χ1v) is 6.81. The maximum atomic E-state index is 11.7. The molecular weight excluding hydrogens is 280 g/mol. The van der Waals surface area contributed by atoms with Crippen molar-refractivity contribution in [2.45, 2.75) is 32.0 Å². The molecule has 110 valence electrons. The Kier molecular flexibility index (Phi) is 3.95. The number of ether oxygens (including phenoxy) is 1. The van der Waals surface area contributed by atoms with Gasteiger partial charge in [0.25, 0.3) is 0 Å². The molecule has 1 aliphatic rings. The second-order valence-corrected chi connectivity index (χ2v) is 6.36. The highest BCUT2D eigenvalue weighted by Crippen LogP contribution is 2.31. The predicted molar refractivity (Wildman–Crippen MR) is 78.1 cm³/mol. The molecule has 2 rings (SSSR count). The summed E-state index contributed by atoms with van der Waals surface area (Å²) in [5.41, 5.74) is -0.242. The smallest absolute Gasteiger partial charge is 0.412 e. The molecule has 1 fully saturated rings. The van der Waals surface area contributed by atoms with E-state index in [2.05, 4.69) is 10.6 Å². The van der Waals surface area contributed by atoms with Gasteiger partial charge in [0, 0.05) is 13.1 Å². The average Bonchev–Trinajstić information content (AvgIpc) is 2.26. The Bertz CT molecular complexity index is 522. The topological polar surface area (TPSA) is 70.6 Å². The van der Waals surface area contributed by atoms with Crippen LogP contribution in [0.15, 0.2) is 18.2 Å². The van der Waals surface area contributed by atoms with Crippen LogP contribution in [0.5, 0.6) is 0 Å². The highest BCUT2D eigenvalue weighted by Gasteiger charge is 2.36. The summed E-state index contributed by atoms with van der Waals surface area (Å²) in [7, 11) is 0. The van der Waals surface area contributed by atoms with Crippen LogP contribution in [0.1, 0.15) is 26.3 Å². The number of nitrogens with one attached hydrogen (secondary N) is 2. The van der Waals surface area contributed by atoms with E-state index in [1.165, 1.54) is 0 Å². The molecule has 0 bridgehead atoms. The summed E-state index contributed by atoms with van der Waals surface area (Å²) in [5, 5.41) is 16.2. The van der Waals surface area contributed by atoms with Crippen LogP contribution in [0.4, 0.5) is 10.5 Å². The van der Waals surface area contributed by atoms with Gasteiger partial charge in [0.05, 0.1) is 10.7 Å². The number of carbonyl (C=O) groups excluding carboxylic acids is 1. The zero-order valence-corrected chi connectivity index (χ0v) is 12.5. The molecule has 1 aliphatic heterocycles. The van der Waals surface area contributed by atoms with E-state index in [-0.39, 0.29) is 0 Å². The van der Waals surface area contributed by atoms with Gasteiger partial charge < -0.3 is 15.2 Å². The van der Waals surface area contributed by atoms with E-state index in [0.29, 0.717) is 23.8 Å². The van der Waals surface area contributed by atoms with E-state index in [9.17, 15) is 9.90 Å². The molecule has 1 saturated heterocycles. The minimum absolute atomic E-state index is 0.369. The summed E-state index contributed by atoms with van der Waals surface area (Å²) >= 11 is 6.13. The van der Waals surface area contributed by atoms with Crippen molar-refractivity contribution < 1.29 is 14.6 Å². The molecular formula is C14H19ClN2O3. The molecule has 20 heavy (non-hydrogen) atoms. The van der Waals surface area contributed by atoms with Crippen LogP contribution in [0.3, 0.4) is 0 Å². The number of aliphatic hydroxyl groups is 1. The minimum Gasteiger partial charge on any atom is -0.444 e. The van der Waals surface area contributed by atoms with Crippen molar-refractivity contribution in [2.24, 2.45) is 0 Å². The molecule has 0 atom stereocenters. The molecule has 6 heteroatoms. The van der Waals surface area contributed by atoms with Gasteiger partial charge in [-0.1, -0.05) is 17.7 Å². The first-order chi connectivity index (χ1) is 9.20. The van der Waals surface area contributed by atoms with Gasteiger partial charge in [-0.15, -0.1) is 0 Å². The van der Waals surface area contributed by atoms with Gasteiger partial charge in [0.15, 0.2) is 0 Å². The lowest BCUT2D eigenvalue weighted by atomic mass is 9.88. The summed E-state index contributed by atoms with van der Waals surface area (Å²) in [6.07, 6.45) is -0.559. The standard InChI is InChI=1S/C14H19ClN2O3/c1-13(2,3)20-12(18)17-11-5-4-9(6-10(11)15)14(19)7-16-8-14/h4-6,16,19H,7-8H2,1-3H3,(H,17,18). The summed E-state index contributed by atoms with van der Waals surface area (Å²) in [5.74, 6) is 0. The van der Waals surface area contributed by atoms with Crippen molar-refractivity contribution in [3.63, 3.8) is 0 Å². The largest absolute Gasteiger partial charge is 0.444 e. The third-order valence-electron chi connectivity index (χ3n) is 2.98. The SMILES string of the molecule is CC(C)(C)OC(=O)Nc1ccc(C2(O)CNC2)cc1Cl. The number of carbonyl (C=O) groups is 1. The quantitative estimate of drug-likeness (QED) is 0.784. The van der Waals surface area contributed by atoms with Crippen LogP contribution in [-0.4, -0.2) is 29.9 Å². The first kappa shape index (κ1) is 15.1. The molecule has 3 N–H and O–H groups in total. The molecule has 0 radical (unpaired) electrons. The lowest BCUT2D eigenvalue weighted by Gasteiger charge is -2.38. The Balaban J connectivity index is 2.08. The van der Waals surface area contributed by atoms with Crippen molar-refractivity contribution in [1.29, 1.82) is 0 Å². The van der Waals surface area contributed by atoms with Crippen LogP contribution in [0.25, 0.3) is 0 Å². The number of benzene rings is 1. The van der Waals surface area contributed by atoms with Gasteiger partial charge in [-0.25, -0.2) is 4.79 Å². The van der Waals surface area contributed by atoms with Crippen molar-refractivity contribution in [3.05, 3.63) is 28.8 Å². The molecule has 0 saturated carbocycles. The van der Waals surface area contributed by atoms with Gasteiger partial charge in [0.1, 0.15) is 11.2 Å². The van der Waals surface area contributed by atoms with E-state index in [0.717, 1.165) is 5.56 Å². The predicted octanol–water partition coefficient (Wildman–Crippen LogP) is 2.48. The Hall–Kier alpha value is -1.30. The number of β-amino-alcohol motifs (C(OH)–C–C–N with tert-alkyl or cyclic N) is 1. The zero-order valence-electron chi connectivity index (χ0n) is 11.8. The van der Waals surface area contributed by atoms with Gasteiger partial charge >= 0.3 is 6.09 Å². The summed E-state index contributed by atoms with van der Waals surface area (Å²) < 4.78 is 5.16. The maximum Gasteiger partial charge on any atom is 0.412 e. The molecule has 1 aromatic rings. The highest BCUT2D eigenvalue weighted by molar-refractivity contribution is 6.33. The molecule has 0 spiro atoms. The molecule has 1 heterocycles. The fraction of sp³-hybridized carbons (Fsp3) is 0.500. The molecule has 1 amide bonds. The van der Waals surface area contributed by atoms with Crippen LogP contribution in [0.2, 0.25) is 5.02 Å². The third kappa shape index (κ3) is 3.42. The van der Waals surface area contributed by atoms with Crippen LogP contribution in [0, 0.1) is 0 Å². The fourth-order valence-electron chi connectivity index (χ4n) is 1.89. The molecule has 5 nitrogen and oxygen atoms in total. The molecule has 1 aromatic carbocycles. The number of halogens is 1. The zero-order chi connectivity index (χ0) is 15.0. The molecule has 0 unspecified atom stereocenters. The number of hydrogen-bond acceptors (Lipinski definition) is 4. The van der Waals surface area contributed by atoms with Crippen molar-refractivity contribution >= 4 is 23.4 Å². The fourth-order valence-corrected chi connectivity index (χ4v) is 2.11. The van der Waals surface area contributed by atoms with Crippen molar-refractivity contribution in [3.8, 4) is 0 Å². The van der Waals surface area contributed by atoms with E-state index < -0.39 is 17.3 Å². The van der Waals surface area contributed by atoms with E-state index >= 15 is 0 Å². The van der Waals surface area contributed by atoms with Gasteiger partial charge in [-0.3, -0.25) is 5.32 Å². The van der Waals surface area contributed by atoms with Crippen molar-refractivity contribution in [1.82, 2.24) is 5.32 Å². The number of rotatable bonds is 2. The lowest BCUT2D eigenvalue weighted by molar-refractivity contribution is -0.0146. The van der Waals surface area contributed by atoms with E-state index in [1.807, 2.05) is 0 Å². The Labute approximate surface area is 123 Å². The minimum atomic E-state index is -0.867. The first-order valence-electron chi connectivity index (χ1n) is 6.43. The Morgan fingerprint density at radius 3 is 2.55 bits per heavy atom. The summed E-state index contributed by atoms with van der Waals surface area (Å²) in [6.45, 7) is 6.37. The maximum absolute atomic E-state index is 11.7. The van der Waals surface area contributed by atoms with E-state index in [4.69, 9.17) is 16.3 Å². The van der Waals surface area contributed by atoms with Gasteiger partial charge in [0.2, 0.25) is 0 Å². The van der Waals surface area contributed by atoms with Crippen LogP contribution >= 0.6 is 11.6 Å². The summed E-state index contributed by atoms with van der Waals surface area (Å²) in [4.78, 5) is 11.7. The number of hydrogen-bond donors (Lipinski definition) is 3. The third-order valence-corrected chi connectivity index (χ3v) is 3.29. The highest BCUT2D eigenvalue weighted by atomic mass is 35.5. The lowest BCUT2D eigenvalue weighted by Crippen LogP contribution is -2.56. The summed E-state index contributed by atoms with van der Waals surface area (Å²) in [6, 6.07) is 5.08. The normalized spacial score (nSPS) is 17.2. The Morgan fingerprint density at radius 1 is 1.45 bits per heavy atom. The van der Waals surface area contributed by atoms with Crippen LogP contribution < -0.4 is 10.6 Å². The number of anilines is 1. The van der Waals surface area contributed by atoms with Crippen LogP contribution in [-0.2, 0) is 10.3 Å². The average molecular weight is 299 g/mol. The van der Waals surface area contributed by atoms with Gasteiger partial charge in [-0.2, -0.15) is 0 Å². The van der Waals surface area contributed by atoms with Gasteiger partial charge in [-0.05, 0) is 38.5 Å². The Morgan fingerprint density at radius 2 is 2.10 bits per heavy atom. The molecule has 0 aliphatic carbocycles. The van der Waals surface area contributed by atoms with E-state index in [1.54, 1.807) is 39.0 Å². The monoisotopic (exact) mass is 298 g/mol. The second kappa shape index (κ2) is 5.24. The van der Waals surface area contributed by atoms with Crippen molar-refractivity contribution in [2.75, 3.05) is 18.4 Å². The second-order valence-electron chi connectivity index (χ2n) is 5.96.